The van der Waals surface area contributed by atoms with Crippen LogP contribution in [0.1, 0.15) is 27.0 Å². The van der Waals surface area contributed by atoms with E-state index in [4.69, 9.17) is 0 Å². The van der Waals surface area contributed by atoms with Crippen molar-refractivity contribution in [3.8, 4) is 17.0 Å². The van der Waals surface area contributed by atoms with Crippen LogP contribution in [-0.4, -0.2) is 22.2 Å². The minimum Gasteiger partial charge on any atom is -0.508 e. The zero-order valence-electron chi connectivity index (χ0n) is 17.7. The van der Waals surface area contributed by atoms with Crippen LogP contribution in [0.15, 0.2) is 77.9 Å². The lowest BCUT2D eigenvalue weighted by Crippen LogP contribution is -2.11. The number of aromatic nitrogens is 1. The highest BCUT2D eigenvalue weighted by Gasteiger charge is 2.16. The van der Waals surface area contributed by atoms with Gasteiger partial charge < -0.3 is 10.4 Å². The van der Waals surface area contributed by atoms with Gasteiger partial charge in [-0.3, -0.25) is 10.2 Å². The fourth-order valence-electron chi connectivity index (χ4n) is 2.96. The maximum atomic E-state index is 12.8. The van der Waals surface area contributed by atoms with E-state index in [-0.39, 0.29) is 11.7 Å². The number of nitrogens with zero attached hydrogens (tertiary/aromatic N) is 2. The number of phenols is 1. The number of anilines is 2. The molecule has 0 radical (unpaired) electrons. The average molecular weight is 443 g/mol. The molecule has 0 aliphatic heterocycles. The summed E-state index contributed by atoms with van der Waals surface area (Å²) in [5.74, 6) is 0.00730. The second kappa shape index (κ2) is 9.45. The first-order valence-corrected chi connectivity index (χ1v) is 10.8. The van der Waals surface area contributed by atoms with Gasteiger partial charge in [0.1, 0.15) is 16.4 Å². The van der Waals surface area contributed by atoms with E-state index in [1.807, 2.05) is 50.2 Å². The highest BCUT2D eigenvalue weighted by molar-refractivity contribution is 7.20. The van der Waals surface area contributed by atoms with Crippen LogP contribution in [0, 0.1) is 13.8 Å². The van der Waals surface area contributed by atoms with E-state index < -0.39 is 0 Å². The molecule has 3 N–H and O–H groups in total. The van der Waals surface area contributed by atoms with Crippen LogP contribution in [0.3, 0.4) is 0 Å². The van der Waals surface area contributed by atoms with Crippen molar-refractivity contribution in [1.82, 2.24) is 4.98 Å². The van der Waals surface area contributed by atoms with E-state index in [1.54, 1.807) is 42.6 Å². The van der Waals surface area contributed by atoms with E-state index in [0.717, 1.165) is 22.3 Å². The molecule has 0 saturated carbocycles. The molecule has 0 atom stereocenters. The van der Waals surface area contributed by atoms with E-state index in [9.17, 15) is 9.90 Å². The first kappa shape index (κ1) is 21.3. The van der Waals surface area contributed by atoms with Gasteiger partial charge in [0.15, 0.2) is 0 Å². The Morgan fingerprint density at radius 3 is 2.22 bits per heavy atom. The number of phenolic OH excluding ortho intramolecular Hbond substituents is 1. The maximum absolute atomic E-state index is 12.8. The molecule has 1 aromatic heterocycles. The second-order valence-corrected chi connectivity index (χ2v) is 8.34. The maximum Gasteiger partial charge on any atom is 0.256 e. The number of thiazole rings is 1. The number of nitrogens with one attached hydrogen (secondary N) is 2. The average Bonchev–Trinajstić information content (AvgIpc) is 3.18. The highest BCUT2D eigenvalue weighted by Crippen LogP contribution is 2.36. The van der Waals surface area contributed by atoms with E-state index in [0.29, 0.717) is 21.4 Å². The molecule has 0 bridgehead atoms. The van der Waals surface area contributed by atoms with Gasteiger partial charge in [-0.1, -0.05) is 58.9 Å². The number of hydrogen-bond donors (Lipinski definition) is 3. The van der Waals surface area contributed by atoms with Crippen molar-refractivity contribution < 1.29 is 9.90 Å². The predicted molar refractivity (Wildman–Crippen MR) is 131 cm³/mol. The molecular weight excluding hydrogens is 420 g/mol. The lowest BCUT2D eigenvalue weighted by atomic mass is 10.1. The molecule has 3 aromatic carbocycles. The molecular formula is C25H22N4O2S. The van der Waals surface area contributed by atoms with Crippen LogP contribution in [0.2, 0.25) is 0 Å². The summed E-state index contributed by atoms with van der Waals surface area (Å²) in [6, 6.07) is 22.1. The van der Waals surface area contributed by atoms with Crippen molar-refractivity contribution in [3.63, 3.8) is 0 Å². The number of hydrogen-bond acceptors (Lipinski definition) is 6. The molecule has 0 spiro atoms. The minimum atomic E-state index is -0.193. The molecule has 4 rings (SSSR count). The summed E-state index contributed by atoms with van der Waals surface area (Å²) in [6.45, 7) is 4.01. The summed E-state index contributed by atoms with van der Waals surface area (Å²) in [6.07, 6.45) is 1.64. The second-order valence-electron chi connectivity index (χ2n) is 7.34. The zero-order valence-corrected chi connectivity index (χ0v) is 18.5. The van der Waals surface area contributed by atoms with Gasteiger partial charge in [0.2, 0.25) is 5.13 Å². The number of aromatic hydroxyl groups is 1. The molecule has 0 aliphatic carbocycles. The summed E-state index contributed by atoms with van der Waals surface area (Å²) < 4.78 is 0. The molecule has 0 saturated heterocycles. The van der Waals surface area contributed by atoms with Crippen molar-refractivity contribution in [3.05, 3.63) is 95.1 Å². The van der Waals surface area contributed by atoms with Gasteiger partial charge in [0.25, 0.3) is 5.91 Å². The first-order valence-electron chi connectivity index (χ1n) is 10.0. The minimum absolute atomic E-state index is 0.193. The van der Waals surface area contributed by atoms with Crippen LogP contribution < -0.4 is 10.7 Å². The van der Waals surface area contributed by atoms with Crippen LogP contribution >= 0.6 is 11.3 Å². The Kier molecular flexibility index (Phi) is 6.28. The van der Waals surface area contributed by atoms with E-state index in [2.05, 4.69) is 20.8 Å². The van der Waals surface area contributed by atoms with Gasteiger partial charge >= 0.3 is 0 Å². The summed E-state index contributed by atoms with van der Waals surface area (Å²) in [7, 11) is 0. The Morgan fingerprint density at radius 1 is 0.938 bits per heavy atom. The fraction of sp³-hybridized carbons (Fsp3) is 0.0800. The van der Waals surface area contributed by atoms with Crippen molar-refractivity contribution in [2.24, 2.45) is 5.10 Å². The number of hydrazone groups is 1. The topological polar surface area (TPSA) is 86.6 Å². The summed E-state index contributed by atoms with van der Waals surface area (Å²) >= 11 is 1.31. The van der Waals surface area contributed by atoms with E-state index in [1.165, 1.54) is 11.3 Å². The molecule has 32 heavy (non-hydrogen) atoms. The van der Waals surface area contributed by atoms with Crippen molar-refractivity contribution in [1.29, 1.82) is 0 Å². The molecule has 0 unspecified atom stereocenters. The number of rotatable bonds is 6. The van der Waals surface area contributed by atoms with Gasteiger partial charge in [0.05, 0.1) is 6.21 Å². The van der Waals surface area contributed by atoms with Crippen LogP contribution in [0.25, 0.3) is 11.3 Å². The summed E-state index contributed by atoms with van der Waals surface area (Å²) in [4.78, 5) is 17.5. The van der Waals surface area contributed by atoms with Crippen LogP contribution in [0.5, 0.6) is 5.75 Å². The largest absolute Gasteiger partial charge is 0.508 e. The number of aryl methyl sites for hydroxylation is 2. The Morgan fingerprint density at radius 2 is 1.56 bits per heavy atom. The first-order chi connectivity index (χ1) is 15.5. The normalized spacial score (nSPS) is 10.9. The van der Waals surface area contributed by atoms with Gasteiger partial charge in [-0.25, -0.2) is 4.98 Å². The Hall–Kier alpha value is -3.97. The standard InChI is InChI=1S/C25H22N4O2S/c1-16-3-9-19(10-4-16)22-24(28-23(31)20-11-5-17(2)6-12-20)32-25(27-22)29-26-15-18-7-13-21(30)14-8-18/h3-15,30H,1-2H3,(H,27,29)(H,28,31)/b26-15+. The molecule has 1 heterocycles. The number of benzene rings is 3. The van der Waals surface area contributed by atoms with Gasteiger partial charge in [0, 0.05) is 11.1 Å². The number of carbonyl (C=O) groups excluding carboxylic acids is 1. The monoisotopic (exact) mass is 442 g/mol. The molecule has 1 amide bonds. The lowest BCUT2D eigenvalue weighted by molar-refractivity contribution is 0.102. The summed E-state index contributed by atoms with van der Waals surface area (Å²) in [5.41, 5.74) is 8.17. The third-order valence-electron chi connectivity index (χ3n) is 4.76. The predicted octanol–water partition coefficient (Wildman–Crippen LogP) is 5.83. The Balaban J connectivity index is 1.59. The molecule has 0 aliphatic rings. The van der Waals surface area contributed by atoms with Crippen molar-refractivity contribution >= 4 is 33.6 Å². The smallest absolute Gasteiger partial charge is 0.256 e. The molecule has 160 valence electrons. The molecule has 4 aromatic rings. The van der Waals surface area contributed by atoms with Gasteiger partial charge in [-0.05, 0) is 55.8 Å². The van der Waals surface area contributed by atoms with Crippen molar-refractivity contribution in [2.45, 2.75) is 13.8 Å². The third-order valence-corrected chi connectivity index (χ3v) is 5.64. The Bertz CT molecular complexity index is 1240. The highest BCUT2D eigenvalue weighted by atomic mass is 32.1. The molecule has 0 fully saturated rings. The lowest BCUT2D eigenvalue weighted by Gasteiger charge is -2.06. The molecule has 7 heteroatoms. The van der Waals surface area contributed by atoms with Crippen LogP contribution in [0.4, 0.5) is 10.1 Å². The SMILES string of the molecule is Cc1ccc(C(=O)Nc2sc(N/N=C/c3ccc(O)cc3)nc2-c2ccc(C)cc2)cc1. The van der Waals surface area contributed by atoms with E-state index >= 15 is 0 Å². The number of amides is 1. The van der Waals surface area contributed by atoms with Gasteiger partial charge in [-0.2, -0.15) is 5.10 Å². The fourth-order valence-corrected chi connectivity index (χ4v) is 3.79. The zero-order chi connectivity index (χ0) is 22.5. The van der Waals surface area contributed by atoms with Gasteiger partial charge in [-0.15, -0.1) is 0 Å². The quantitative estimate of drug-likeness (QED) is 0.259. The Labute approximate surface area is 190 Å². The number of carbonyl (C=O) groups is 1. The van der Waals surface area contributed by atoms with Crippen LogP contribution in [-0.2, 0) is 0 Å². The third kappa shape index (κ3) is 5.19. The summed E-state index contributed by atoms with van der Waals surface area (Å²) in [5, 5.41) is 17.8. The molecule has 6 nitrogen and oxygen atoms in total. The van der Waals surface area contributed by atoms with Crippen molar-refractivity contribution in [2.75, 3.05) is 10.7 Å².